The Balaban J connectivity index is 2.42. The Morgan fingerprint density at radius 2 is 2.05 bits per heavy atom. The van der Waals surface area contributed by atoms with Crippen LogP contribution in [-0.2, 0) is 10.0 Å². The first-order chi connectivity index (χ1) is 9.61. The lowest BCUT2D eigenvalue weighted by atomic mass is 10.2. The zero-order valence-electron chi connectivity index (χ0n) is 11.5. The van der Waals surface area contributed by atoms with E-state index >= 15 is 0 Å². The van der Waals surface area contributed by atoms with Crippen molar-refractivity contribution in [3.05, 3.63) is 29.8 Å². The fraction of sp³-hybridized carbons (Fsp3) is 0.467. The van der Waals surface area contributed by atoms with E-state index in [1.165, 1.54) is 0 Å². The molecular weight excluding hydrogens is 274 g/mol. The highest BCUT2D eigenvalue weighted by atomic mass is 32.2. The van der Waals surface area contributed by atoms with Crippen LogP contribution in [0, 0.1) is 11.8 Å². The van der Waals surface area contributed by atoms with Gasteiger partial charge in [-0.1, -0.05) is 30.9 Å². The van der Waals surface area contributed by atoms with Crippen molar-refractivity contribution in [1.29, 1.82) is 0 Å². The molecule has 1 fully saturated rings. The van der Waals surface area contributed by atoms with E-state index in [1.54, 1.807) is 28.6 Å². The van der Waals surface area contributed by atoms with E-state index in [1.807, 2.05) is 6.92 Å². The first-order valence-electron chi connectivity index (χ1n) is 6.82. The van der Waals surface area contributed by atoms with Gasteiger partial charge < -0.3 is 5.11 Å². The van der Waals surface area contributed by atoms with E-state index in [0.717, 1.165) is 19.3 Å². The Bertz CT molecular complexity index is 624. The second kappa shape index (κ2) is 6.40. The quantitative estimate of drug-likeness (QED) is 0.839. The molecule has 0 aliphatic heterocycles. The van der Waals surface area contributed by atoms with Gasteiger partial charge in [-0.15, -0.1) is 0 Å². The van der Waals surface area contributed by atoms with E-state index in [4.69, 9.17) is 5.11 Å². The van der Waals surface area contributed by atoms with Crippen molar-refractivity contribution < 1.29 is 13.5 Å². The van der Waals surface area contributed by atoms with Crippen LogP contribution in [0.4, 0.5) is 0 Å². The van der Waals surface area contributed by atoms with Crippen LogP contribution < -0.4 is 0 Å². The molecule has 0 bridgehead atoms. The number of hydrogen-bond acceptors (Lipinski definition) is 3. The lowest BCUT2D eigenvalue weighted by Crippen LogP contribution is -2.34. The van der Waals surface area contributed by atoms with E-state index in [2.05, 4.69) is 11.8 Å². The number of benzene rings is 1. The molecule has 2 rings (SSSR count). The molecule has 0 heterocycles. The molecule has 0 radical (unpaired) electrons. The Morgan fingerprint density at radius 3 is 2.65 bits per heavy atom. The van der Waals surface area contributed by atoms with Gasteiger partial charge in [0.15, 0.2) is 0 Å². The molecule has 4 nitrogen and oxygen atoms in total. The molecule has 0 aromatic heterocycles. The standard InChI is InChI=1S/C15H19NO3S/c1-2-11-16(14-9-10-14)20(18,19)15-8-4-3-6-13(15)7-5-12-17/h3-4,6,8,14,17H,2,9-12H2,1H3. The van der Waals surface area contributed by atoms with Crippen LogP contribution in [0.5, 0.6) is 0 Å². The second-order valence-electron chi connectivity index (χ2n) is 4.80. The van der Waals surface area contributed by atoms with Crippen molar-refractivity contribution in [3.8, 4) is 11.8 Å². The predicted octanol–water partition coefficient (Wildman–Crippen LogP) is 1.59. The fourth-order valence-corrected chi connectivity index (χ4v) is 4.06. The molecule has 0 saturated heterocycles. The number of nitrogens with zero attached hydrogens (tertiary/aromatic N) is 1. The van der Waals surface area contributed by atoms with Crippen molar-refractivity contribution in [3.63, 3.8) is 0 Å². The molecule has 108 valence electrons. The highest BCUT2D eigenvalue weighted by Crippen LogP contribution is 2.32. The second-order valence-corrected chi connectivity index (χ2v) is 6.66. The van der Waals surface area contributed by atoms with Gasteiger partial charge in [0.1, 0.15) is 6.61 Å². The first kappa shape index (κ1) is 15.0. The number of aliphatic hydroxyl groups excluding tert-OH is 1. The van der Waals surface area contributed by atoms with Gasteiger partial charge in [-0.2, -0.15) is 4.31 Å². The van der Waals surface area contributed by atoms with Crippen molar-refractivity contribution in [1.82, 2.24) is 4.31 Å². The summed E-state index contributed by atoms with van der Waals surface area (Å²) in [4.78, 5) is 0.237. The molecule has 0 amide bonds. The Hall–Kier alpha value is -1.35. The zero-order chi connectivity index (χ0) is 14.6. The molecule has 0 atom stereocenters. The molecule has 1 aliphatic rings. The normalized spacial score (nSPS) is 14.9. The molecule has 1 aromatic carbocycles. The summed E-state index contributed by atoms with van der Waals surface area (Å²) in [6.07, 6.45) is 2.66. The number of hydrogen-bond donors (Lipinski definition) is 1. The van der Waals surface area contributed by atoms with Crippen molar-refractivity contribution in [2.45, 2.75) is 37.1 Å². The lowest BCUT2D eigenvalue weighted by Gasteiger charge is -2.21. The monoisotopic (exact) mass is 293 g/mol. The highest BCUT2D eigenvalue weighted by molar-refractivity contribution is 7.89. The number of rotatable bonds is 5. The summed E-state index contributed by atoms with van der Waals surface area (Å²) >= 11 is 0. The van der Waals surface area contributed by atoms with Crippen LogP contribution in [0.3, 0.4) is 0 Å². The molecule has 0 unspecified atom stereocenters. The van der Waals surface area contributed by atoms with Gasteiger partial charge in [0.2, 0.25) is 10.0 Å². The smallest absolute Gasteiger partial charge is 0.244 e. The summed E-state index contributed by atoms with van der Waals surface area (Å²) in [6, 6.07) is 6.85. The van der Waals surface area contributed by atoms with E-state index in [0.29, 0.717) is 12.1 Å². The summed E-state index contributed by atoms with van der Waals surface area (Å²) in [5, 5.41) is 8.78. The first-order valence-corrected chi connectivity index (χ1v) is 8.26. The van der Waals surface area contributed by atoms with Gasteiger partial charge in [-0.25, -0.2) is 8.42 Å². The van der Waals surface area contributed by atoms with Crippen LogP contribution in [0.2, 0.25) is 0 Å². The average Bonchev–Trinajstić information content (AvgIpc) is 3.27. The predicted molar refractivity (Wildman–Crippen MR) is 77.6 cm³/mol. The molecule has 1 saturated carbocycles. The molecule has 1 aliphatic carbocycles. The Kier molecular flexibility index (Phi) is 4.81. The van der Waals surface area contributed by atoms with Crippen LogP contribution in [0.1, 0.15) is 31.7 Å². The molecule has 0 spiro atoms. The molecular formula is C15H19NO3S. The minimum atomic E-state index is -3.51. The Labute approximate surface area is 120 Å². The van der Waals surface area contributed by atoms with Crippen LogP contribution in [0.15, 0.2) is 29.2 Å². The van der Waals surface area contributed by atoms with Crippen LogP contribution >= 0.6 is 0 Å². The summed E-state index contributed by atoms with van der Waals surface area (Å²) < 4.78 is 27.2. The maximum Gasteiger partial charge on any atom is 0.244 e. The molecule has 5 heteroatoms. The number of sulfonamides is 1. The van der Waals surface area contributed by atoms with Crippen LogP contribution in [-0.4, -0.2) is 37.0 Å². The van der Waals surface area contributed by atoms with Crippen molar-refractivity contribution >= 4 is 10.0 Å². The fourth-order valence-electron chi connectivity index (χ4n) is 2.14. The summed E-state index contributed by atoms with van der Waals surface area (Å²) in [7, 11) is -3.51. The third kappa shape index (κ3) is 3.21. The summed E-state index contributed by atoms with van der Waals surface area (Å²) in [6.45, 7) is 2.23. The largest absolute Gasteiger partial charge is 0.384 e. The lowest BCUT2D eigenvalue weighted by molar-refractivity contribution is 0.350. The van der Waals surface area contributed by atoms with E-state index < -0.39 is 10.0 Å². The van der Waals surface area contributed by atoms with Gasteiger partial charge >= 0.3 is 0 Å². The SMILES string of the molecule is CCCN(C1CC1)S(=O)(=O)c1ccccc1C#CCO. The third-order valence-corrected chi connectivity index (χ3v) is 5.18. The van der Waals surface area contributed by atoms with E-state index in [9.17, 15) is 8.42 Å². The van der Waals surface area contributed by atoms with Gasteiger partial charge in [0, 0.05) is 18.2 Å². The minimum Gasteiger partial charge on any atom is -0.384 e. The molecule has 1 aromatic rings. The summed E-state index contributed by atoms with van der Waals surface area (Å²) in [5.74, 6) is 5.23. The maximum absolute atomic E-state index is 12.8. The van der Waals surface area contributed by atoms with Crippen molar-refractivity contribution in [2.24, 2.45) is 0 Å². The molecule has 1 N–H and O–H groups in total. The number of aliphatic hydroxyl groups is 1. The molecule has 20 heavy (non-hydrogen) atoms. The maximum atomic E-state index is 12.8. The van der Waals surface area contributed by atoms with Gasteiger partial charge in [0.05, 0.1) is 4.90 Å². The topological polar surface area (TPSA) is 57.6 Å². The summed E-state index contributed by atoms with van der Waals surface area (Å²) in [5.41, 5.74) is 0.448. The van der Waals surface area contributed by atoms with Gasteiger partial charge in [0.25, 0.3) is 0 Å². The highest BCUT2D eigenvalue weighted by Gasteiger charge is 2.38. The van der Waals surface area contributed by atoms with Gasteiger partial charge in [-0.3, -0.25) is 0 Å². The average molecular weight is 293 g/mol. The van der Waals surface area contributed by atoms with Crippen molar-refractivity contribution in [2.75, 3.05) is 13.2 Å². The van der Waals surface area contributed by atoms with E-state index in [-0.39, 0.29) is 17.5 Å². The van der Waals surface area contributed by atoms with Crippen LogP contribution in [0.25, 0.3) is 0 Å². The zero-order valence-corrected chi connectivity index (χ0v) is 12.4. The van der Waals surface area contributed by atoms with Gasteiger partial charge in [-0.05, 0) is 31.4 Å². The third-order valence-electron chi connectivity index (χ3n) is 3.17. The Morgan fingerprint density at radius 1 is 1.35 bits per heavy atom. The minimum absolute atomic E-state index is 0.138.